The van der Waals surface area contributed by atoms with Crippen LogP contribution >= 0.6 is 0 Å². The van der Waals surface area contributed by atoms with Crippen molar-refractivity contribution in [1.82, 2.24) is 10.2 Å². The molecule has 2 aliphatic heterocycles. The van der Waals surface area contributed by atoms with Crippen molar-refractivity contribution in [2.24, 2.45) is 0 Å². The second-order valence-corrected chi connectivity index (χ2v) is 5.58. The van der Waals surface area contributed by atoms with Crippen LogP contribution in [0.5, 0.6) is 0 Å². The minimum absolute atomic E-state index is 0.0721. The van der Waals surface area contributed by atoms with Crippen molar-refractivity contribution >= 4 is 11.6 Å². The summed E-state index contributed by atoms with van der Waals surface area (Å²) in [5.41, 5.74) is 6.91. The second-order valence-electron chi connectivity index (χ2n) is 5.58. The van der Waals surface area contributed by atoms with Gasteiger partial charge in [0.1, 0.15) is 0 Å². The summed E-state index contributed by atoms with van der Waals surface area (Å²) in [5, 5.41) is 2.94. The van der Waals surface area contributed by atoms with E-state index >= 15 is 0 Å². The van der Waals surface area contributed by atoms with E-state index in [0.29, 0.717) is 23.8 Å². The summed E-state index contributed by atoms with van der Waals surface area (Å²) >= 11 is 0. The van der Waals surface area contributed by atoms with Crippen LogP contribution in [0.15, 0.2) is 24.3 Å². The fourth-order valence-electron chi connectivity index (χ4n) is 2.95. The topological polar surface area (TPSA) is 67.6 Å². The molecule has 0 radical (unpaired) electrons. The summed E-state index contributed by atoms with van der Waals surface area (Å²) in [6.07, 6.45) is 2.60. The first-order valence-electron chi connectivity index (χ1n) is 7.22. The number of nitrogens with zero attached hydrogens (tertiary/aromatic N) is 1. The molecule has 2 unspecified atom stereocenters. The number of carbonyl (C=O) groups excluding carboxylic acids is 1. The number of ether oxygens (including phenoxy) is 1. The third-order valence-corrected chi connectivity index (χ3v) is 4.12. The molecule has 2 heterocycles. The Hall–Kier alpha value is -1.59. The third-order valence-electron chi connectivity index (χ3n) is 4.12. The lowest BCUT2D eigenvalue weighted by Crippen LogP contribution is -2.50. The van der Waals surface area contributed by atoms with Gasteiger partial charge in [-0.15, -0.1) is 0 Å². The van der Waals surface area contributed by atoms with E-state index in [1.54, 1.807) is 24.3 Å². The smallest absolute Gasteiger partial charge is 0.251 e. The number of hydrogen-bond donors (Lipinski definition) is 2. The maximum Gasteiger partial charge on any atom is 0.251 e. The SMILES string of the molecule is Nc1ccc(C(=O)NCC2CN3CCCC3CO2)cc1. The highest BCUT2D eigenvalue weighted by Crippen LogP contribution is 2.22. The molecule has 2 atom stereocenters. The van der Waals surface area contributed by atoms with Gasteiger partial charge in [0, 0.05) is 30.4 Å². The predicted octanol–water partition coefficient (Wildman–Crippen LogP) is 0.862. The molecule has 0 saturated carbocycles. The van der Waals surface area contributed by atoms with Gasteiger partial charge in [-0.05, 0) is 43.7 Å². The van der Waals surface area contributed by atoms with E-state index in [-0.39, 0.29) is 12.0 Å². The molecule has 20 heavy (non-hydrogen) atoms. The zero-order valence-electron chi connectivity index (χ0n) is 11.5. The van der Waals surface area contributed by atoms with Crippen molar-refractivity contribution in [1.29, 1.82) is 0 Å². The molecular formula is C15H21N3O2. The van der Waals surface area contributed by atoms with E-state index in [1.807, 2.05) is 0 Å². The van der Waals surface area contributed by atoms with Crippen LogP contribution in [0.4, 0.5) is 5.69 Å². The van der Waals surface area contributed by atoms with Crippen LogP contribution in [-0.4, -0.2) is 49.2 Å². The largest absolute Gasteiger partial charge is 0.399 e. The van der Waals surface area contributed by atoms with Crippen molar-refractivity contribution < 1.29 is 9.53 Å². The average Bonchev–Trinajstić information content (AvgIpc) is 2.93. The number of rotatable bonds is 3. The van der Waals surface area contributed by atoms with Crippen molar-refractivity contribution in [3.63, 3.8) is 0 Å². The molecular weight excluding hydrogens is 254 g/mol. The summed E-state index contributed by atoms with van der Waals surface area (Å²) in [7, 11) is 0. The molecule has 2 fully saturated rings. The molecule has 0 bridgehead atoms. The molecule has 1 aromatic rings. The van der Waals surface area contributed by atoms with Crippen molar-refractivity contribution in [2.45, 2.75) is 25.0 Å². The molecule has 1 aromatic carbocycles. The van der Waals surface area contributed by atoms with E-state index < -0.39 is 0 Å². The summed E-state index contributed by atoms with van der Waals surface area (Å²) in [6.45, 7) is 3.44. The maximum atomic E-state index is 12.0. The monoisotopic (exact) mass is 275 g/mol. The van der Waals surface area contributed by atoms with Crippen LogP contribution < -0.4 is 11.1 Å². The number of amides is 1. The Labute approximate surface area is 119 Å². The Morgan fingerprint density at radius 3 is 3.00 bits per heavy atom. The molecule has 0 spiro atoms. The lowest BCUT2D eigenvalue weighted by Gasteiger charge is -2.35. The number of fused-ring (bicyclic) bond motifs is 1. The molecule has 5 nitrogen and oxygen atoms in total. The number of carbonyl (C=O) groups is 1. The Morgan fingerprint density at radius 1 is 1.40 bits per heavy atom. The van der Waals surface area contributed by atoms with Gasteiger partial charge in [-0.2, -0.15) is 0 Å². The van der Waals surface area contributed by atoms with Crippen LogP contribution in [0.3, 0.4) is 0 Å². The van der Waals surface area contributed by atoms with Gasteiger partial charge in [0.2, 0.25) is 0 Å². The van der Waals surface area contributed by atoms with E-state index in [0.717, 1.165) is 19.7 Å². The van der Waals surface area contributed by atoms with Crippen LogP contribution in [-0.2, 0) is 4.74 Å². The van der Waals surface area contributed by atoms with E-state index in [2.05, 4.69) is 10.2 Å². The lowest BCUT2D eigenvalue weighted by atomic mass is 10.1. The molecule has 2 aliphatic rings. The van der Waals surface area contributed by atoms with Crippen molar-refractivity contribution in [3.8, 4) is 0 Å². The highest BCUT2D eigenvalue weighted by molar-refractivity contribution is 5.94. The second kappa shape index (κ2) is 5.81. The van der Waals surface area contributed by atoms with Crippen molar-refractivity contribution in [3.05, 3.63) is 29.8 Å². The van der Waals surface area contributed by atoms with Gasteiger partial charge in [-0.3, -0.25) is 9.69 Å². The molecule has 108 valence electrons. The number of hydrogen-bond acceptors (Lipinski definition) is 4. The first-order valence-corrected chi connectivity index (χ1v) is 7.22. The number of nitrogen functional groups attached to an aromatic ring is 1. The molecule has 3 N–H and O–H groups in total. The zero-order valence-corrected chi connectivity index (χ0v) is 11.5. The normalized spacial score (nSPS) is 26.2. The minimum Gasteiger partial charge on any atom is -0.399 e. The summed E-state index contributed by atoms with van der Waals surface area (Å²) in [6, 6.07) is 7.55. The summed E-state index contributed by atoms with van der Waals surface area (Å²) in [4.78, 5) is 14.5. The third kappa shape index (κ3) is 2.94. The van der Waals surface area contributed by atoms with Gasteiger partial charge in [0.15, 0.2) is 0 Å². The number of benzene rings is 1. The minimum atomic E-state index is -0.0721. The molecule has 0 aliphatic carbocycles. The number of nitrogens with one attached hydrogen (secondary N) is 1. The fourth-order valence-corrected chi connectivity index (χ4v) is 2.95. The average molecular weight is 275 g/mol. The first kappa shape index (κ1) is 13.4. The van der Waals surface area contributed by atoms with E-state index in [1.165, 1.54) is 12.8 Å². The van der Waals surface area contributed by atoms with E-state index in [9.17, 15) is 4.79 Å². The number of morpholine rings is 1. The molecule has 2 saturated heterocycles. The van der Waals surface area contributed by atoms with Gasteiger partial charge in [-0.1, -0.05) is 0 Å². The van der Waals surface area contributed by atoms with Crippen LogP contribution in [0.25, 0.3) is 0 Å². The van der Waals surface area contributed by atoms with Crippen LogP contribution in [0, 0.1) is 0 Å². The highest BCUT2D eigenvalue weighted by atomic mass is 16.5. The Morgan fingerprint density at radius 2 is 2.20 bits per heavy atom. The number of nitrogens with two attached hydrogens (primary N) is 1. The van der Waals surface area contributed by atoms with Crippen LogP contribution in [0.1, 0.15) is 23.2 Å². The summed E-state index contributed by atoms with van der Waals surface area (Å²) < 4.78 is 5.82. The Kier molecular flexibility index (Phi) is 3.89. The molecule has 0 aromatic heterocycles. The van der Waals surface area contributed by atoms with Crippen molar-refractivity contribution in [2.75, 3.05) is 32.0 Å². The quantitative estimate of drug-likeness (QED) is 0.803. The van der Waals surface area contributed by atoms with E-state index in [4.69, 9.17) is 10.5 Å². The standard InChI is InChI=1S/C15H21N3O2/c16-12-5-3-11(4-6-12)15(19)17-8-14-9-18-7-1-2-13(18)10-20-14/h3-6,13-14H,1-2,7-10,16H2,(H,17,19). The van der Waals surface area contributed by atoms with Gasteiger partial charge in [0.05, 0.1) is 12.7 Å². The lowest BCUT2D eigenvalue weighted by molar-refractivity contribution is -0.0461. The van der Waals surface area contributed by atoms with Gasteiger partial charge in [0.25, 0.3) is 5.91 Å². The summed E-state index contributed by atoms with van der Waals surface area (Å²) in [5.74, 6) is -0.0721. The molecule has 3 rings (SSSR count). The predicted molar refractivity (Wildman–Crippen MR) is 77.5 cm³/mol. The van der Waals surface area contributed by atoms with Gasteiger partial charge < -0.3 is 15.8 Å². The Bertz CT molecular complexity index is 475. The highest BCUT2D eigenvalue weighted by Gasteiger charge is 2.32. The van der Waals surface area contributed by atoms with Gasteiger partial charge >= 0.3 is 0 Å². The molecule has 1 amide bonds. The maximum absolute atomic E-state index is 12.0. The zero-order chi connectivity index (χ0) is 13.9. The molecule has 5 heteroatoms. The number of anilines is 1. The van der Waals surface area contributed by atoms with Gasteiger partial charge in [-0.25, -0.2) is 0 Å². The first-order chi connectivity index (χ1) is 9.72. The van der Waals surface area contributed by atoms with Crippen LogP contribution in [0.2, 0.25) is 0 Å². The fraction of sp³-hybridized carbons (Fsp3) is 0.533. The Balaban J connectivity index is 1.49.